The summed E-state index contributed by atoms with van der Waals surface area (Å²) in [4.78, 5) is 30.4. The quantitative estimate of drug-likeness (QED) is 0.684. The molecule has 0 aliphatic carbocycles. The predicted octanol–water partition coefficient (Wildman–Crippen LogP) is 3.46. The zero-order valence-corrected chi connectivity index (χ0v) is 16.4. The second-order valence-electron chi connectivity index (χ2n) is 7.47. The van der Waals surface area contributed by atoms with Gasteiger partial charge in [0.25, 0.3) is 5.91 Å². The molecule has 1 aliphatic rings. The van der Waals surface area contributed by atoms with E-state index in [0.29, 0.717) is 29.6 Å². The largest absolute Gasteiger partial charge is 0.450 e. The van der Waals surface area contributed by atoms with Gasteiger partial charge in [0.2, 0.25) is 5.76 Å². The van der Waals surface area contributed by atoms with Gasteiger partial charge >= 0.3 is 0 Å². The van der Waals surface area contributed by atoms with Crippen molar-refractivity contribution in [3.8, 4) is 0 Å². The maximum absolute atomic E-state index is 13.5. The Bertz CT molecular complexity index is 1090. The number of nitrogens with zero attached hydrogens (tertiary/aromatic N) is 2. The van der Waals surface area contributed by atoms with Crippen molar-refractivity contribution in [3.63, 3.8) is 0 Å². The summed E-state index contributed by atoms with van der Waals surface area (Å²) in [5.74, 6) is -0.0429. The van der Waals surface area contributed by atoms with E-state index < -0.39 is 6.04 Å². The van der Waals surface area contributed by atoms with Crippen LogP contribution in [0, 0.1) is 0 Å². The summed E-state index contributed by atoms with van der Waals surface area (Å²) < 4.78 is 5.98. The van der Waals surface area contributed by atoms with Gasteiger partial charge in [0.1, 0.15) is 5.58 Å². The van der Waals surface area contributed by atoms with Gasteiger partial charge in [-0.3, -0.25) is 9.59 Å². The molecule has 0 spiro atoms. The van der Waals surface area contributed by atoms with Gasteiger partial charge in [0.05, 0.1) is 17.0 Å². The van der Waals surface area contributed by atoms with E-state index >= 15 is 0 Å². The number of hydrogen-bond donors (Lipinski definition) is 0. The van der Waals surface area contributed by atoms with Crippen LogP contribution < -0.4 is 5.43 Å². The number of carbonyl (C=O) groups is 1. The summed E-state index contributed by atoms with van der Waals surface area (Å²) in [5.41, 5.74) is 2.81. The van der Waals surface area contributed by atoms with Gasteiger partial charge in [-0.05, 0) is 43.8 Å². The summed E-state index contributed by atoms with van der Waals surface area (Å²) in [7, 11) is 3.93. The highest BCUT2D eigenvalue weighted by Gasteiger charge is 2.42. The van der Waals surface area contributed by atoms with Crippen LogP contribution in [0.4, 0.5) is 0 Å². The smallest absolute Gasteiger partial charge is 0.290 e. The molecule has 0 saturated carbocycles. The molecule has 0 saturated heterocycles. The summed E-state index contributed by atoms with van der Waals surface area (Å²) in [6, 6.07) is 14.9. The third-order valence-corrected chi connectivity index (χ3v) is 5.34. The molecule has 2 aromatic carbocycles. The van der Waals surface area contributed by atoms with Crippen LogP contribution in [0.25, 0.3) is 11.0 Å². The highest BCUT2D eigenvalue weighted by molar-refractivity contribution is 5.99. The first kappa shape index (κ1) is 18.4. The zero-order chi connectivity index (χ0) is 19.8. The van der Waals surface area contributed by atoms with Crippen LogP contribution in [-0.2, 0) is 6.42 Å². The highest BCUT2D eigenvalue weighted by atomic mass is 16.3. The molecule has 4 rings (SSSR count). The monoisotopic (exact) mass is 376 g/mol. The molecule has 1 unspecified atom stereocenters. The van der Waals surface area contributed by atoms with E-state index in [9.17, 15) is 9.59 Å². The molecule has 0 bridgehead atoms. The molecule has 28 heavy (non-hydrogen) atoms. The molecule has 2 heterocycles. The van der Waals surface area contributed by atoms with Crippen LogP contribution >= 0.6 is 0 Å². The topological polar surface area (TPSA) is 53.8 Å². The maximum Gasteiger partial charge on any atom is 0.290 e. The Balaban J connectivity index is 1.94. The number of aryl methyl sites for hydroxylation is 1. The normalized spacial score (nSPS) is 16.2. The van der Waals surface area contributed by atoms with Crippen LogP contribution in [0.3, 0.4) is 0 Å². The highest BCUT2D eigenvalue weighted by Crippen LogP contribution is 2.37. The van der Waals surface area contributed by atoms with E-state index in [4.69, 9.17) is 4.42 Å². The van der Waals surface area contributed by atoms with Crippen LogP contribution in [0.1, 0.15) is 40.2 Å². The van der Waals surface area contributed by atoms with Crippen LogP contribution in [0.2, 0.25) is 0 Å². The van der Waals surface area contributed by atoms with Crippen molar-refractivity contribution in [1.82, 2.24) is 9.80 Å². The third kappa shape index (κ3) is 3.02. The minimum atomic E-state index is -0.422. The number of likely N-dealkylation sites (N-methyl/N-ethyl adjacent to an activating group) is 1. The number of amides is 1. The number of benzene rings is 2. The average molecular weight is 376 g/mol. The minimum Gasteiger partial charge on any atom is -0.450 e. The molecule has 0 fully saturated rings. The standard InChI is InChI=1S/C23H24N2O3/c1-4-15-10-11-18-17(14-15)21(26)19-20(16-8-6-5-7-9-16)25(13-12-24(2)3)23(27)22(19)28-18/h5-11,14,20H,4,12-13H2,1-3H3. The van der Waals surface area contributed by atoms with Gasteiger partial charge in [-0.2, -0.15) is 0 Å². The van der Waals surface area contributed by atoms with Crippen molar-refractivity contribution >= 4 is 16.9 Å². The molecule has 3 aromatic rings. The van der Waals surface area contributed by atoms with E-state index in [1.165, 1.54) is 0 Å². The fraction of sp³-hybridized carbons (Fsp3) is 0.304. The molecule has 144 valence electrons. The van der Waals surface area contributed by atoms with Crippen LogP contribution in [-0.4, -0.2) is 42.9 Å². The molecule has 1 aromatic heterocycles. The van der Waals surface area contributed by atoms with Crippen molar-refractivity contribution in [2.75, 3.05) is 27.2 Å². The van der Waals surface area contributed by atoms with Gasteiger partial charge in [-0.25, -0.2) is 0 Å². The van der Waals surface area contributed by atoms with E-state index in [-0.39, 0.29) is 17.1 Å². The summed E-state index contributed by atoms with van der Waals surface area (Å²) in [6.07, 6.45) is 0.836. The summed E-state index contributed by atoms with van der Waals surface area (Å²) in [6.45, 7) is 3.28. The lowest BCUT2D eigenvalue weighted by atomic mass is 9.98. The first-order chi connectivity index (χ1) is 13.5. The Kier molecular flexibility index (Phi) is 4.77. The fourth-order valence-electron chi connectivity index (χ4n) is 3.81. The van der Waals surface area contributed by atoms with Gasteiger partial charge < -0.3 is 14.2 Å². The van der Waals surface area contributed by atoms with Crippen molar-refractivity contribution in [3.05, 3.63) is 81.2 Å². The number of carbonyl (C=O) groups excluding carboxylic acids is 1. The lowest BCUT2D eigenvalue weighted by molar-refractivity contribution is 0.0716. The SMILES string of the molecule is CCc1ccc2oc3c(c(=O)c2c1)C(c1ccccc1)N(CCN(C)C)C3=O. The van der Waals surface area contributed by atoms with E-state index in [0.717, 1.165) is 17.5 Å². The van der Waals surface area contributed by atoms with Crippen molar-refractivity contribution in [1.29, 1.82) is 0 Å². The van der Waals surface area contributed by atoms with Gasteiger partial charge in [0.15, 0.2) is 5.43 Å². The molecular formula is C23H24N2O3. The van der Waals surface area contributed by atoms with Gasteiger partial charge in [-0.15, -0.1) is 0 Å². The third-order valence-electron chi connectivity index (χ3n) is 5.34. The molecule has 1 atom stereocenters. The molecule has 5 heteroatoms. The Hall–Kier alpha value is -2.92. The molecule has 0 radical (unpaired) electrons. The molecule has 1 aliphatic heterocycles. The Morgan fingerprint density at radius 1 is 1.07 bits per heavy atom. The van der Waals surface area contributed by atoms with E-state index in [1.54, 1.807) is 11.0 Å². The second-order valence-corrected chi connectivity index (χ2v) is 7.47. The minimum absolute atomic E-state index is 0.110. The summed E-state index contributed by atoms with van der Waals surface area (Å²) >= 11 is 0. The fourth-order valence-corrected chi connectivity index (χ4v) is 3.81. The first-order valence-electron chi connectivity index (χ1n) is 9.61. The van der Waals surface area contributed by atoms with Gasteiger partial charge in [0, 0.05) is 13.1 Å². The average Bonchev–Trinajstić information content (AvgIpc) is 2.99. The zero-order valence-electron chi connectivity index (χ0n) is 16.4. The van der Waals surface area contributed by atoms with Crippen LogP contribution in [0.5, 0.6) is 0 Å². The Labute approximate surface area is 164 Å². The lowest BCUT2D eigenvalue weighted by Gasteiger charge is -2.26. The van der Waals surface area contributed by atoms with E-state index in [1.807, 2.05) is 61.5 Å². The summed E-state index contributed by atoms with van der Waals surface area (Å²) in [5, 5.41) is 0.543. The molecular weight excluding hydrogens is 352 g/mol. The number of hydrogen-bond acceptors (Lipinski definition) is 4. The first-order valence-corrected chi connectivity index (χ1v) is 9.61. The number of rotatable bonds is 5. The van der Waals surface area contributed by atoms with Crippen molar-refractivity contribution < 1.29 is 9.21 Å². The van der Waals surface area contributed by atoms with Gasteiger partial charge in [-0.1, -0.05) is 43.3 Å². The van der Waals surface area contributed by atoms with Crippen molar-refractivity contribution in [2.45, 2.75) is 19.4 Å². The second kappa shape index (κ2) is 7.24. The number of fused-ring (bicyclic) bond motifs is 2. The molecule has 1 amide bonds. The van der Waals surface area contributed by atoms with E-state index in [2.05, 4.69) is 6.92 Å². The predicted molar refractivity (Wildman–Crippen MR) is 110 cm³/mol. The van der Waals surface area contributed by atoms with Crippen LogP contribution in [0.15, 0.2) is 57.7 Å². The van der Waals surface area contributed by atoms with Crippen molar-refractivity contribution in [2.24, 2.45) is 0 Å². The Morgan fingerprint density at radius 3 is 2.50 bits per heavy atom. The lowest BCUT2D eigenvalue weighted by Crippen LogP contribution is -2.35. The molecule has 0 N–H and O–H groups in total. The molecule has 5 nitrogen and oxygen atoms in total. The maximum atomic E-state index is 13.5. The Morgan fingerprint density at radius 2 is 1.82 bits per heavy atom.